The number of aliphatic carboxylic acids is 1. The predicted octanol–water partition coefficient (Wildman–Crippen LogP) is 1.72. The van der Waals surface area contributed by atoms with Crippen LogP contribution in [-0.2, 0) is 30.4 Å². The molecule has 1 aromatic rings. The molecule has 0 aliphatic carbocycles. The zero-order valence-corrected chi connectivity index (χ0v) is 31.4. The molecule has 50 heavy (non-hydrogen) atoms. The van der Waals surface area contributed by atoms with E-state index in [1.54, 1.807) is 0 Å². The summed E-state index contributed by atoms with van der Waals surface area (Å²) in [5.74, 6) is -3.37. The van der Waals surface area contributed by atoms with Crippen molar-refractivity contribution < 1.29 is 29.1 Å². The molecule has 1 rings (SSSR count). The fourth-order valence-corrected chi connectivity index (χ4v) is 5.73. The number of nitrogens with zero attached hydrogens (tertiary/aromatic N) is 3. The minimum atomic E-state index is -1.22. The number of hydrogen-bond donors (Lipinski definition) is 6. The van der Waals surface area contributed by atoms with Crippen LogP contribution in [0.3, 0.4) is 0 Å². The molecule has 0 saturated heterocycles. The van der Waals surface area contributed by atoms with Gasteiger partial charge in [-0.3, -0.25) is 29.1 Å². The Morgan fingerprint density at radius 2 is 1.36 bits per heavy atom. The number of nitrogens with one attached hydrogen (secondary N) is 3. The van der Waals surface area contributed by atoms with E-state index >= 15 is 0 Å². The maximum Gasteiger partial charge on any atom is 0.326 e. The number of carbonyl (C=O) groups is 5. The summed E-state index contributed by atoms with van der Waals surface area (Å²) in [5, 5.41) is 18.3. The summed E-state index contributed by atoms with van der Waals surface area (Å²) in [4.78, 5) is 74.4. The third-order valence-electron chi connectivity index (χ3n) is 8.63. The summed E-state index contributed by atoms with van der Waals surface area (Å²) < 4.78 is 0. The standard InChI is InChI=1S/C36H62N8O6/c1-10-24(6)30(33(47)40-26(35(49)50)17-14-18-39-36(37)38)44(9)34(48)28(19-22(2)3)42-31(45)27(21-25-15-12-11-13-16-25)41-32(46)29(43(7)8)20-23(4)5/h11-13,15-16,22-24,26-30H,10,14,17-21H2,1-9H3,(H,40,47)(H,41,46)(H,42,45)(H,49,50)(H4,37,38,39). The molecular weight excluding hydrogens is 640 g/mol. The number of aliphatic imine (C=N–C) groups is 1. The molecule has 0 radical (unpaired) electrons. The molecule has 0 aromatic heterocycles. The van der Waals surface area contributed by atoms with E-state index in [4.69, 9.17) is 11.5 Å². The Morgan fingerprint density at radius 1 is 0.800 bits per heavy atom. The van der Waals surface area contributed by atoms with E-state index in [9.17, 15) is 29.1 Å². The van der Waals surface area contributed by atoms with Gasteiger partial charge in [-0.25, -0.2) is 4.79 Å². The van der Waals surface area contributed by atoms with E-state index in [0.717, 1.165) is 5.56 Å². The molecule has 6 unspecified atom stereocenters. The van der Waals surface area contributed by atoms with Gasteiger partial charge in [0.05, 0.1) is 6.04 Å². The first-order chi connectivity index (χ1) is 23.4. The van der Waals surface area contributed by atoms with Gasteiger partial charge < -0.3 is 37.4 Å². The van der Waals surface area contributed by atoms with Gasteiger partial charge in [0.25, 0.3) is 0 Å². The number of nitrogens with two attached hydrogens (primary N) is 2. The van der Waals surface area contributed by atoms with Crippen molar-refractivity contribution in [3.05, 3.63) is 35.9 Å². The Labute approximate surface area is 298 Å². The van der Waals surface area contributed by atoms with Crippen molar-refractivity contribution in [2.75, 3.05) is 27.7 Å². The molecule has 0 heterocycles. The number of likely N-dealkylation sites (N-methyl/N-ethyl adjacent to an activating group) is 2. The van der Waals surface area contributed by atoms with Crippen molar-refractivity contribution >= 4 is 35.6 Å². The number of carbonyl (C=O) groups excluding carboxylic acids is 4. The predicted molar refractivity (Wildman–Crippen MR) is 196 cm³/mol. The van der Waals surface area contributed by atoms with E-state index in [-0.39, 0.29) is 55.4 Å². The molecule has 8 N–H and O–H groups in total. The van der Waals surface area contributed by atoms with E-state index in [1.807, 2.05) is 90.9 Å². The minimum absolute atomic E-state index is 0.0125. The minimum Gasteiger partial charge on any atom is -0.480 e. The molecule has 0 aliphatic heterocycles. The highest BCUT2D eigenvalue weighted by Crippen LogP contribution is 2.19. The SMILES string of the molecule is CCC(C)C(C(=O)NC(CCCN=C(N)N)C(=O)O)N(C)C(=O)C(CC(C)C)NC(=O)C(Cc1ccccc1)NC(=O)C(CC(C)C)N(C)C. The molecule has 14 heteroatoms. The van der Waals surface area contributed by atoms with Gasteiger partial charge in [-0.15, -0.1) is 0 Å². The normalized spacial score (nSPS) is 15.0. The lowest BCUT2D eigenvalue weighted by Gasteiger charge is -2.35. The van der Waals surface area contributed by atoms with Crippen molar-refractivity contribution in [3.8, 4) is 0 Å². The number of hydrogen-bond acceptors (Lipinski definition) is 7. The van der Waals surface area contributed by atoms with Crippen LogP contribution in [0, 0.1) is 17.8 Å². The zero-order chi connectivity index (χ0) is 38.1. The van der Waals surface area contributed by atoms with Crippen LogP contribution in [0.2, 0.25) is 0 Å². The van der Waals surface area contributed by atoms with Gasteiger partial charge in [-0.05, 0) is 63.1 Å². The lowest BCUT2D eigenvalue weighted by molar-refractivity contribution is -0.147. The van der Waals surface area contributed by atoms with Crippen molar-refractivity contribution in [2.45, 2.75) is 110 Å². The maximum absolute atomic E-state index is 14.2. The largest absolute Gasteiger partial charge is 0.480 e. The molecule has 14 nitrogen and oxygen atoms in total. The van der Waals surface area contributed by atoms with Crippen LogP contribution in [-0.4, -0.2) is 108 Å². The zero-order valence-electron chi connectivity index (χ0n) is 31.4. The van der Waals surface area contributed by atoms with E-state index in [1.165, 1.54) is 11.9 Å². The van der Waals surface area contributed by atoms with Gasteiger partial charge in [-0.2, -0.15) is 0 Å². The van der Waals surface area contributed by atoms with Gasteiger partial charge in [0, 0.05) is 20.0 Å². The topological polar surface area (TPSA) is 213 Å². The van der Waals surface area contributed by atoms with Crippen molar-refractivity contribution in [2.24, 2.45) is 34.2 Å². The van der Waals surface area contributed by atoms with Crippen LogP contribution in [0.1, 0.15) is 79.2 Å². The number of carboxylic acids is 1. The summed E-state index contributed by atoms with van der Waals surface area (Å²) in [6.07, 6.45) is 1.98. The summed E-state index contributed by atoms with van der Waals surface area (Å²) in [5.41, 5.74) is 11.5. The van der Waals surface area contributed by atoms with Crippen molar-refractivity contribution in [1.82, 2.24) is 25.8 Å². The Bertz CT molecular complexity index is 1270. The second kappa shape index (κ2) is 21.8. The maximum atomic E-state index is 14.2. The molecule has 0 bridgehead atoms. The smallest absolute Gasteiger partial charge is 0.326 e. The molecule has 1 aromatic carbocycles. The quantitative estimate of drug-likeness (QED) is 0.0589. The monoisotopic (exact) mass is 702 g/mol. The van der Waals surface area contributed by atoms with Crippen LogP contribution in [0.5, 0.6) is 0 Å². The number of amides is 4. The highest BCUT2D eigenvalue weighted by Gasteiger charge is 2.38. The Kier molecular flexibility index (Phi) is 19.1. The molecular formula is C36H62N8O6. The van der Waals surface area contributed by atoms with Crippen LogP contribution in [0.4, 0.5) is 0 Å². The van der Waals surface area contributed by atoms with Gasteiger partial charge >= 0.3 is 5.97 Å². The van der Waals surface area contributed by atoms with E-state index in [0.29, 0.717) is 19.3 Å². The molecule has 282 valence electrons. The summed E-state index contributed by atoms with van der Waals surface area (Å²) in [6.45, 7) is 11.8. The van der Waals surface area contributed by atoms with Gasteiger partial charge in [0.1, 0.15) is 24.2 Å². The average Bonchev–Trinajstić information content (AvgIpc) is 3.03. The Hall–Kier alpha value is -4.20. The molecule has 0 fully saturated rings. The second-order valence-electron chi connectivity index (χ2n) is 14.2. The number of rotatable bonds is 22. The summed E-state index contributed by atoms with van der Waals surface area (Å²) >= 11 is 0. The first-order valence-electron chi connectivity index (χ1n) is 17.6. The number of carboxylic acid groups (broad SMARTS) is 1. The summed E-state index contributed by atoms with van der Waals surface area (Å²) in [6, 6.07) is 4.62. The summed E-state index contributed by atoms with van der Waals surface area (Å²) in [7, 11) is 5.13. The fraction of sp³-hybridized carbons (Fsp3) is 0.667. The fourth-order valence-electron chi connectivity index (χ4n) is 5.73. The number of benzene rings is 1. The molecule has 4 amide bonds. The van der Waals surface area contributed by atoms with Crippen molar-refractivity contribution in [3.63, 3.8) is 0 Å². The second-order valence-corrected chi connectivity index (χ2v) is 14.2. The van der Waals surface area contributed by atoms with Crippen molar-refractivity contribution in [1.29, 1.82) is 0 Å². The van der Waals surface area contributed by atoms with Crippen LogP contribution < -0.4 is 27.4 Å². The Balaban J connectivity index is 3.36. The first-order valence-corrected chi connectivity index (χ1v) is 17.6. The molecule has 0 spiro atoms. The van der Waals surface area contributed by atoms with E-state index < -0.39 is 53.9 Å². The van der Waals surface area contributed by atoms with Gasteiger partial charge in [-0.1, -0.05) is 78.3 Å². The van der Waals surface area contributed by atoms with Crippen LogP contribution in [0.15, 0.2) is 35.3 Å². The first kappa shape index (κ1) is 43.8. The molecule has 6 atom stereocenters. The lowest BCUT2D eigenvalue weighted by atomic mass is 9.94. The Morgan fingerprint density at radius 3 is 1.86 bits per heavy atom. The van der Waals surface area contributed by atoms with Crippen LogP contribution in [0.25, 0.3) is 0 Å². The third-order valence-corrected chi connectivity index (χ3v) is 8.63. The third kappa shape index (κ3) is 15.1. The molecule has 0 aliphatic rings. The van der Waals surface area contributed by atoms with Gasteiger partial charge in [0.15, 0.2) is 5.96 Å². The van der Waals surface area contributed by atoms with Crippen LogP contribution >= 0.6 is 0 Å². The molecule has 0 saturated carbocycles. The lowest BCUT2D eigenvalue weighted by Crippen LogP contribution is -2.60. The highest BCUT2D eigenvalue weighted by atomic mass is 16.4. The number of guanidine groups is 1. The van der Waals surface area contributed by atoms with Gasteiger partial charge in [0.2, 0.25) is 23.6 Å². The average molecular weight is 703 g/mol. The van der Waals surface area contributed by atoms with E-state index in [2.05, 4.69) is 20.9 Å². The highest BCUT2D eigenvalue weighted by molar-refractivity contribution is 5.95.